The van der Waals surface area contributed by atoms with E-state index in [0.29, 0.717) is 0 Å². The molecule has 0 radical (unpaired) electrons. The van der Waals surface area contributed by atoms with E-state index in [9.17, 15) is 5.11 Å². The predicted octanol–water partition coefficient (Wildman–Crippen LogP) is 3.48. The molecular formula is C12H20OS. The van der Waals surface area contributed by atoms with Crippen LogP contribution in [-0.4, -0.2) is 11.2 Å². The van der Waals surface area contributed by atoms with Crippen LogP contribution in [0.15, 0.2) is 17.5 Å². The summed E-state index contributed by atoms with van der Waals surface area (Å²) in [6, 6.07) is 4.28. The summed E-state index contributed by atoms with van der Waals surface area (Å²) in [7, 11) is 0. The van der Waals surface area contributed by atoms with Crippen molar-refractivity contribution in [2.24, 2.45) is 5.41 Å². The second kappa shape index (κ2) is 4.94. The van der Waals surface area contributed by atoms with Gasteiger partial charge < -0.3 is 5.11 Å². The molecule has 1 atom stereocenters. The smallest absolute Gasteiger partial charge is 0.0517 e. The Balaban J connectivity index is 2.36. The molecule has 0 fully saturated rings. The minimum Gasteiger partial charge on any atom is -0.393 e. The van der Waals surface area contributed by atoms with Crippen LogP contribution in [0.4, 0.5) is 0 Å². The van der Waals surface area contributed by atoms with Crippen molar-refractivity contribution in [3.8, 4) is 0 Å². The van der Waals surface area contributed by atoms with Gasteiger partial charge in [-0.3, -0.25) is 0 Å². The van der Waals surface area contributed by atoms with Gasteiger partial charge in [-0.2, -0.15) is 0 Å². The van der Waals surface area contributed by atoms with Gasteiger partial charge in [0.2, 0.25) is 0 Å². The van der Waals surface area contributed by atoms with Gasteiger partial charge >= 0.3 is 0 Å². The Kier molecular flexibility index (Phi) is 4.14. The second-order valence-electron chi connectivity index (χ2n) is 4.80. The highest BCUT2D eigenvalue weighted by Crippen LogP contribution is 2.29. The number of aliphatic hydroxyl groups excluding tert-OH is 1. The van der Waals surface area contributed by atoms with Crippen LogP contribution in [0, 0.1) is 5.41 Å². The summed E-state index contributed by atoms with van der Waals surface area (Å²) in [5.41, 5.74) is 0.248. The maximum absolute atomic E-state index is 9.35. The van der Waals surface area contributed by atoms with E-state index in [-0.39, 0.29) is 11.5 Å². The van der Waals surface area contributed by atoms with Crippen LogP contribution >= 0.6 is 11.3 Å². The first kappa shape index (κ1) is 11.7. The quantitative estimate of drug-likeness (QED) is 0.792. The maximum Gasteiger partial charge on any atom is 0.0517 e. The lowest BCUT2D eigenvalue weighted by molar-refractivity contribution is 0.125. The lowest BCUT2D eigenvalue weighted by atomic mass is 9.82. The fourth-order valence-corrected chi connectivity index (χ4v) is 2.53. The van der Waals surface area contributed by atoms with Crippen molar-refractivity contribution in [1.82, 2.24) is 0 Å². The van der Waals surface area contributed by atoms with Crippen molar-refractivity contribution in [3.05, 3.63) is 22.4 Å². The van der Waals surface area contributed by atoms with E-state index in [2.05, 4.69) is 31.4 Å². The van der Waals surface area contributed by atoms with Crippen molar-refractivity contribution in [3.63, 3.8) is 0 Å². The summed E-state index contributed by atoms with van der Waals surface area (Å²) in [5.74, 6) is 0. The van der Waals surface area contributed by atoms with E-state index in [0.717, 1.165) is 19.3 Å². The molecule has 0 aliphatic rings. The van der Waals surface area contributed by atoms with Gasteiger partial charge in [-0.25, -0.2) is 0 Å². The van der Waals surface area contributed by atoms with Gasteiger partial charge in [0.05, 0.1) is 6.10 Å². The Hall–Kier alpha value is -0.340. The first-order valence-corrected chi connectivity index (χ1v) is 6.08. The molecule has 1 unspecified atom stereocenters. The highest BCUT2D eigenvalue weighted by Gasteiger charge is 2.19. The van der Waals surface area contributed by atoms with Crippen LogP contribution in [0.25, 0.3) is 0 Å². The van der Waals surface area contributed by atoms with E-state index in [1.54, 1.807) is 0 Å². The Morgan fingerprint density at radius 1 is 1.50 bits per heavy atom. The van der Waals surface area contributed by atoms with Gasteiger partial charge in [-0.1, -0.05) is 19.9 Å². The normalized spacial score (nSPS) is 14.3. The molecule has 0 saturated carbocycles. The molecule has 0 aliphatic carbocycles. The summed E-state index contributed by atoms with van der Waals surface area (Å²) < 4.78 is 0. The summed E-state index contributed by atoms with van der Waals surface area (Å²) in [6.45, 7) is 6.33. The minimum atomic E-state index is -0.187. The molecule has 1 rings (SSSR count). The fourth-order valence-electron chi connectivity index (χ4n) is 1.82. The standard InChI is InChI=1S/C12H20OS/c1-10(13)9-12(2,3)7-6-11-5-4-8-14-11/h4-5,8,10,13H,6-7,9H2,1-3H3. The van der Waals surface area contributed by atoms with Gasteiger partial charge in [-0.15, -0.1) is 11.3 Å². The SMILES string of the molecule is CC(O)CC(C)(C)CCc1cccs1. The number of thiophene rings is 1. The number of hydrogen-bond donors (Lipinski definition) is 1. The van der Waals surface area contributed by atoms with Gasteiger partial charge in [-0.05, 0) is 43.0 Å². The molecule has 2 heteroatoms. The maximum atomic E-state index is 9.35. The molecule has 0 bridgehead atoms. The third kappa shape index (κ3) is 4.25. The largest absolute Gasteiger partial charge is 0.393 e. The van der Waals surface area contributed by atoms with Crippen LogP contribution in [0.5, 0.6) is 0 Å². The average Bonchev–Trinajstić information content (AvgIpc) is 2.50. The topological polar surface area (TPSA) is 20.2 Å². The molecule has 0 amide bonds. The van der Waals surface area contributed by atoms with Crippen molar-refractivity contribution < 1.29 is 5.11 Å². The monoisotopic (exact) mass is 212 g/mol. The van der Waals surface area contributed by atoms with Crippen LogP contribution in [0.1, 0.15) is 38.5 Å². The van der Waals surface area contributed by atoms with Gasteiger partial charge in [0.1, 0.15) is 0 Å². The third-order valence-electron chi connectivity index (χ3n) is 2.48. The lowest BCUT2D eigenvalue weighted by Crippen LogP contribution is -2.19. The van der Waals surface area contributed by atoms with Crippen molar-refractivity contribution in [2.75, 3.05) is 0 Å². The number of aliphatic hydroxyl groups is 1. The van der Waals surface area contributed by atoms with Crippen LogP contribution < -0.4 is 0 Å². The zero-order valence-corrected chi connectivity index (χ0v) is 10.1. The highest BCUT2D eigenvalue weighted by atomic mass is 32.1. The van der Waals surface area contributed by atoms with Crippen molar-refractivity contribution in [1.29, 1.82) is 0 Å². The lowest BCUT2D eigenvalue weighted by Gasteiger charge is -2.25. The van der Waals surface area contributed by atoms with Crippen LogP contribution in [0.2, 0.25) is 0 Å². The molecule has 1 nitrogen and oxygen atoms in total. The highest BCUT2D eigenvalue weighted by molar-refractivity contribution is 7.09. The molecule has 0 aliphatic heterocycles. The Morgan fingerprint density at radius 2 is 2.21 bits per heavy atom. The van der Waals surface area contributed by atoms with Crippen LogP contribution in [-0.2, 0) is 6.42 Å². The average molecular weight is 212 g/mol. The number of aryl methyl sites for hydroxylation is 1. The zero-order chi connectivity index (χ0) is 10.6. The minimum absolute atomic E-state index is 0.187. The summed E-state index contributed by atoms with van der Waals surface area (Å²) in [6.07, 6.45) is 2.99. The van der Waals surface area contributed by atoms with Gasteiger partial charge in [0.25, 0.3) is 0 Å². The van der Waals surface area contributed by atoms with E-state index < -0.39 is 0 Å². The third-order valence-corrected chi connectivity index (χ3v) is 3.41. The van der Waals surface area contributed by atoms with E-state index >= 15 is 0 Å². The number of hydrogen-bond acceptors (Lipinski definition) is 2. The predicted molar refractivity (Wildman–Crippen MR) is 62.7 cm³/mol. The summed E-state index contributed by atoms with van der Waals surface area (Å²) in [4.78, 5) is 1.45. The molecule has 80 valence electrons. The van der Waals surface area contributed by atoms with Gasteiger partial charge in [0.15, 0.2) is 0 Å². The molecule has 14 heavy (non-hydrogen) atoms. The molecular weight excluding hydrogens is 192 g/mol. The van der Waals surface area contributed by atoms with Gasteiger partial charge in [0, 0.05) is 4.88 Å². The second-order valence-corrected chi connectivity index (χ2v) is 5.83. The fraction of sp³-hybridized carbons (Fsp3) is 0.667. The zero-order valence-electron chi connectivity index (χ0n) is 9.29. The van der Waals surface area contributed by atoms with E-state index in [4.69, 9.17) is 0 Å². The molecule has 1 N–H and O–H groups in total. The van der Waals surface area contributed by atoms with Crippen LogP contribution in [0.3, 0.4) is 0 Å². The Bertz CT molecular complexity index is 249. The van der Waals surface area contributed by atoms with Crippen molar-refractivity contribution in [2.45, 2.75) is 46.1 Å². The Morgan fingerprint density at radius 3 is 2.71 bits per heavy atom. The van der Waals surface area contributed by atoms with Crippen molar-refractivity contribution >= 4 is 11.3 Å². The molecule has 1 heterocycles. The molecule has 0 spiro atoms. The molecule has 0 aromatic carbocycles. The first-order chi connectivity index (χ1) is 6.49. The molecule has 1 aromatic heterocycles. The first-order valence-electron chi connectivity index (χ1n) is 5.20. The molecule has 0 saturated heterocycles. The van der Waals surface area contributed by atoms with E-state index in [1.165, 1.54) is 4.88 Å². The summed E-state index contributed by atoms with van der Waals surface area (Å²) in [5, 5.41) is 11.5. The Labute approximate surface area is 90.8 Å². The summed E-state index contributed by atoms with van der Waals surface area (Å²) >= 11 is 1.82. The number of rotatable bonds is 5. The van der Waals surface area contributed by atoms with E-state index in [1.807, 2.05) is 18.3 Å². The molecule has 1 aromatic rings.